The second-order valence-electron chi connectivity index (χ2n) is 3.64. The fourth-order valence-corrected chi connectivity index (χ4v) is 2.16. The largest absolute Gasteiger partial charge is 0.480 e. The van der Waals surface area contributed by atoms with E-state index in [1.807, 2.05) is 0 Å². The normalized spacial score (nSPS) is 15.1. The van der Waals surface area contributed by atoms with Crippen molar-refractivity contribution in [3.8, 4) is 0 Å². The Kier molecular flexibility index (Phi) is 4.08. The van der Waals surface area contributed by atoms with Crippen LogP contribution in [-0.2, 0) is 19.4 Å². The van der Waals surface area contributed by atoms with Crippen LogP contribution in [-0.4, -0.2) is 43.2 Å². The standard InChI is InChI=1S/C8H16O5S/c1-6(13-4)5-14(11,12)8(2,3)7(9)10/h6H,5H2,1-4H3,(H,9,10). The van der Waals surface area contributed by atoms with E-state index in [-0.39, 0.29) is 5.75 Å². The van der Waals surface area contributed by atoms with Crippen molar-refractivity contribution in [3.63, 3.8) is 0 Å². The topological polar surface area (TPSA) is 80.7 Å². The van der Waals surface area contributed by atoms with Gasteiger partial charge in [0.25, 0.3) is 0 Å². The van der Waals surface area contributed by atoms with Crippen molar-refractivity contribution in [2.24, 2.45) is 0 Å². The third kappa shape index (κ3) is 2.68. The van der Waals surface area contributed by atoms with E-state index in [1.54, 1.807) is 6.92 Å². The third-order valence-electron chi connectivity index (χ3n) is 2.15. The molecule has 0 aromatic rings. The summed E-state index contributed by atoms with van der Waals surface area (Å²) < 4.78 is 26.2. The minimum absolute atomic E-state index is 0.289. The maximum Gasteiger partial charge on any atom is 0.324 e. The van der Waals surface area contributed by atoms with E-state index in [0.29, 0.717) is 0 Å². The summed E-state index contributed by atoms with van der Waals surface area (Å²) >= 11 is 0. The second-order valence-corrected chi connectivity index (χ2v) is 6.23. The van der Waals surface area contributed by atoms with Crippen molar-refractivity contribution in [1.29, 1.82) is 0 Å². The highest BCUT2D eigenvalue weighted by Gasteiger charge is 2.42. The van der Waals surface area contributed by atoms with E-state index in [0.717, 1.165) is 0 Å². The summed E-state index contributed by atoms with van der Waals surface area (Å²) in [7, 11) is -2.31. The molecule has 0 aliphatic carbocycles. The lowest BCUT2D eigenvalue weighted by molar-refractivity contribution is -0.139. The van der Waals surface area contributed by atoms with Gasteiger partial charge in [0.15, 0.2) is 14.6 Å². The summed E-state index contributed by atoms with van der Waals surface area (Å²) in [6, 6.07) is 0. The van der Waals surface area contributed by atoms with Crippen molar-refractivity contribution in [3.05, 3.63) is 0 Å². The summed E-state index contributed by atoms with van der Waals surface area (Å²) in [5, 5.41) is 8.74. The van der Waals surface area contributed by atoms with Gasteiger partial charge in [-0.05, 0) is 20.8 Å². The van der Waals surface area contributed by atoms with Crippen LogP contribution in [0.4, 0.5) is 0 Å². The van der Waals surface area contributed by atoms with E-state index in [9.17, 15) is 13.2 Å². The maximum atomic E-state index is 11.6. The van der Waals surface area contributed by atoms with Crippen LogP contribution in [0, 0.1) is 0 Å². The lowest BCUT2D eigenvalue weighted by atomic mass is 10.2. The number of hydrogen-bond acceptors (Lipinski definition) is 4. The molecule has 0 rings (SSSR count). The molecule has 1 N–H and O–H groups in total. The number of aliphatic carboxylic acids is 1. The zero-order valence-electron chi connectivity index (χ0n) is 8.77. The molecule has 0 aliphatic rings. The average molecular weight is 224 g/mol. The maximum absolute atomic E-state index is 11.6. The Bertz CT molecular complexity index is 304. The van der Waals surface area contributed by atoms with Gasteiger partial charge in [-0.3, -0.25) is 4.79 Å². The number of carboxylic acid groups (broad SMARTS) is 1. The Balaban J connectivity index is 4.89. The molecule has 84 valence electrons. The van der Waals surface area contributed by atoms with Gasteiger partial charge >= 0.3 is 5.97 Å². The summed E-state index contributed by atoms with van der Waals surface area (Å²) in [6.07, 6.45) is -0.501. The minimum atomic E-state index is -3.69. The predicted molar refractivity (Wildman–Crippen MR) is 52.0 cm³/mol. The summed E-state index contributed by atoms with van der Waals surface area (Å²) in [5.74, 6) is -1.64. The molecule has 0 amide bonds. The molecule has 6 heteroatoms. The van der Waals surface area contributed by atoms with E-state index in [4.69, 9.17) is 9.84 Å². The van der Waals surface area contributed by atoms with Crippen LogP contribution >= 0.6 is 0 Å². The fraction of sp³-hybridized carbons (Fsp3) is 0.875. The quantitative estimate of drug-likeness (QED) is 0.726. The number of sulfone groups is 1. The first-order valence-corrected chi connectivity index (χ1v) is 5.79. The summed E-state index contributed by atoms with van der Waals surface area (Å²) in [6.45, 7) is 3.93. The van der Waals surface area contributed by atoms with Crippen molar-refractivity contribution < 1.29 is 23.1 Å². The molecule has 0 aromatic heterocycles. The molecule has 1 atom stereocenters. The van der Waals surface area contributed by atoms with Gasteiger partial charge in [-0.2, -0.15) is 0 Å². The SMILES string of the molecule is COC(C)CS(=O)(=O)C(C)(C)C(=O)O. The molecule has 0 saturated heterocycles. The smallest absolute Gasteiger partial charge is 0.324 e. The number of methoxy groups -OCH3 is 1. The van der Waals surface area contributed by atoms with Crippen molar-refractivity contribution in [2.75, 3.05) is 12.9 Å². The van der Waals surface area contributed by atoms with Gasteiger partial charge in [-0.15, -0.1) is 0 Å². The van der Waals surface area contributed by atoms with Gasteiger partial charge in [0, 0.05) is 7.11 Å². The number of carboxylic acids is 1. The highest BCUT2D eigenvalue weighted by molar-refractivity contribution is 7.93. The average Bonchev–Trinajstić information content (AvgIpc) is 2.02. The molecule has 1 unspecified atom stereocenters. The molecule has 0 radical (unpaired) electrons. The lowest BCUT2D eigenvalue weighted by Crippen LogP contribution is -2.44. The van der Waals surface area contributed by atoms with Crippen LogP contribution in [0.2, 0.25) is 0 Å². The van der Waals surface area contributed by atoms with Gasteiger partial charge < -0.3 is 9.84 Å². The Morgan fingerprint density at radius 2 is 1.93 bits per heavy atom. The Labute approximate surface area is 84.0 Å². The number of ether oxygens (including phenoxy) is 1. The first-order valence-electron chi connectivity index (χ1n) is 4.13. The molecule has 5 nitrogen and oxygen atoms in total. The van der Waals surface area contributed by atoms with Gasteiger partial charge in [0.05, 0.1) is 11.9 Å². The lowest BCUT2D eigenvalue weighted by Gasteiger charge is -2.21. The van der Waals surface area contributed by atoms with E-state index in [1.165, 1.54) is 21.0 Å². The van der Waals surface area contributed by atoms with Gasteiger partial charge in [-0.1, -0.05) is 0 Å². The third-order valence-corrected chi connectivity index (χ3v) is 4.79. The zero-order valence-corrected chi connectivity index (χ0v) is 9.59. The van der Waals surface area contributed by atoms with E-state index in [2.05, 4.69) is 0 Å². The van der Waals surface area contributed by atoms with Crippen LogP contribution < -0.4 is 0 Å². The van der Waals surface area contributed by atoms with Crippen LogP contribution in [0.15, 0.2) is 0 Å². The highest BCUT2D eigenvalue weighted by atomic mass is 32.2. The molecule has 0 fully saturated rings. The predicted octanol–water partition coefficient (Wildman–Crippen LogP) is 0.299. The molecule has 14 heavy (non-hydrogen) atoms. The van der Waals surface area contributed by atoms with Crippen LogP contribution in [0.25, 0.3) is 0 Å². The molecule has 0 bridgehead atoms. The minimum Gasteiger partial charge on any atom is -0.480 e. The first kappa shape index (κ1) is 13.4. The van der Waals surface area contributed by atoms with E-state index < -0.39 is 26.7 Å². The van der Waals surface area contributed by atoms with Crippen molar-refractivity contribution >= 4 is 15.8 Å². The Morgan fingerprint density at radius 3 is 2.21 bits per heavy atom. The highest BCUT2D eigenvalue weighted by Crippen LogP contribution is 2.18. The van der Waals surface area contributed by atoms with Gasteiger partial charge in [0.2, 0.25) is 0 Å². The number of hydrogen-bond donors (Lipinski definition) is 1. The van der Waals surface area contributed by atoms with Crippen molar-refractivity contribution in [1.82, 2.24) is 0 Å². The molecular weight excluding hydrogens is 208 g/mol. The van der Waals surface area contributed by atoms with E-state index >= 15 is 0 Å². The summed E-state index contributed by atoms with van der Waals surface area (Å²) in [4.78, 5) is 10.7. The first-order chi connectivity index (χ1) is 6.15. The van der Waals surface area contributed by atoms with Crippen LogP contribution in [0.1, 0.15) is 20.8 Å². The van der Waals surface area contributed by atoms with Gasteiger partial charge in [-0.25, -0.2) is 8.42 Å². The van der Waals surface area contributed by atoms with Crippen molar-refractivity contribution in [2.45, 2.75) is 31.6 Å². The van der Waals surface area contributed by atoms with Gasteiger partial charge in [0.1, 0.15) is 0 Å². The molecular formula is C8H16O5S. The number of rotatable bonds is 5. The summed E-state index contributed by atoms with van der Waals surface area (Å²) in [5.41, 5.74) is 0. The molecule has 0 aliphatic heterocycles. The second kappa shape index (κ2) is 4.27. The molecule has 0 aromatic carbocycles. The Morgan fingerprint density at radius 1 is 1.50 bits per heavy atom. The molecule has 0 saturated carbocycles. The molecule has 0 heterocycles. The molecule has 0 spiro atoms. The van der Waals surface area contributed by atoms with Crippen LogP contribution in [0.5, 0.6) is 0 Å². The Hall–Kier alpha value is -0.620. The zero-order chi connectivity index (χ0) is 11.6. The fourth-order valence-electron chi connectivity index (χ4n) is 0.718. The van der Waals surface area contributed by atoms with Crippen LogP contribution in [0.3, 0.4) is 0 Å². The monoisotopic (exact) mass is 224 g/mol. The number of carbonyl (C=O) groups is 1.